The largest absolute Gasteiger partial charge is 0.469 e. The van der Waals surface area contributed by atoms with E-state index in [4.69, 9.17) is 42.6 Å². The van der Waals surface area contributed by atoms with Gasteiger partial charge in [0.15, 0.2) is 0 Å². The molecule has 13 heteroatoms. The second-order valence-electron chi connectivity index (χ2n) is 8.21. The molecule has 0 saturated carbocycles. The first-order valence-corrected chi connectivity index (χ1v) is 13.9. The van der Waals surface area contributed by atoms with Gasteiger partial charge in [0.2, 0.25) is 0 Å². The number of hydrogen-bond acceptors (Lipinski definition) is 12. The van der Waals surface area contributed by atoms with Crippen LogP contribution in [0, 0.1) is 0 Å². The van der Waals surface area contributed by atoms with Crippen LogP contribution < -0.4 is 5.32 Å². The molecular weight excluding hydrogens is 542 g/mol. The maximum atomic E-state index is 11.6. The Hall–Kier alpha value is -2.36. The number of carbonyl (C=O) groups excluding carboxylic acids is 2. The van der Waals surface area contributed by atoms with E-state index in [9.17, 15) is 9.59 Å². The second-order valence-corrected chi connectivity index (χ2v) is 8.21. The summed E-state index contributed by atoms with van der Waals surface area (Å²) in [6.45, 7) is 7.81. The Morgan fingerprint density at radius 1 is 0.561 bits per heavy atom. The van der Waals surface area contributed by atoms with E-state index in [1.54, 1.807) is 0 Å². The van der Waals surface area contributed by atoms with Crippen LogP contribution in [0.5, 0.6) is 0 Å². The zero-order valence-corrected chi connectivity index (χ0v) is 24.2. The summed E-state index contributed by atoms with van der Waals surface area (Å²) < 4.78 is 52.8. The molecule has 0 aliphatic rings. The van der Waals surface area contributed by atoms with Gasteiger partial charge in [-0.2, -0.15) is 0 Å². The number of amides is 1. The summed E-state index contributed by atoms with van der Waals surface area (Å²) in [5.74, 6) is -0.289. The first kappa shape index (κ1) is 36.7. The first-order valence-electron chi connectivity index (χ1n) is 13.9. The van der Waals surface area contributed by atoms with Gasteiger partial charge in [0.05, 0.1) is 119 Å². The second kappa shape index (κ2) is 29.1. The molecule has 0 heterocycles. The number of nitrogens with one attached hydrogen (secondary N) is 1. The molecule has 0 aliphatic heterocycles. The molecule has 0 atom stereocenters. The van der Waals surface area contributed by atoms with Crippen molar-refractivity contribution in [3.8, 4) is 0 Å². The highest BCUT2D eigenvalue weighted by atomic mass is 16.6. The van der Waals surface area contributed by atoms with Gasteiger partial charge in [-0.1, -0.05) is 30.3 Å². The number of benzene rings is 1. The van der Waals surface area contributed by atoms with Crippen LogP contribution in [0.15, 0.2) is 30.3 Å². The maximum absolute atomic E-state index is 11.6. The Balaban J connectivity index is 1.66. The van der Waals surface area contributed by atoms with Gasteiger partial charge in [-0.05, 0) is 5.56 Å². The Morgan fingerprint density at radius 2 is 0.951 bits per heavy atom. The van der Waals surface area contributed by atoms with Gasteiger partial charge in [-0.3, -0.25) is 4.79 Å². The first-order chi connectivity index (χ1) is 20.2. The monoisotopic (exact) mass is 589 g/mol. The lowest BCUT2D eigenvalue weighted by atomic mass is 10.2. The van der Waals surface area contributed by atoms with Gasteiger partial charge in [-0.15, -0.1) is 0 Å². The quantitative estimate of drug-likeness (QED) is 0.107. The molecule has 236 valence electrons. The molecule has 0 radical (unpaired) electrons. The van der Waals surface area contributed by atoms with Gasteiger partial charge in [0, 0.05) is 6.54 Å². The third kappa shape index (κ3) is 26.3. The van der Waals surface area contributed by atoms with Crippen molar-refractivity contribution in [2.24, 2.45) is 0 Å². The van der Waals surface area contributed by atoms with E-state index in [1.165, 1.54) is 7.11 Å². The smallest absolute Gasteiger partial charge is 0.407 e. The zero-order chi connectivity index (χ0) is 29.5. The van der Waals surface area contributed by atoms with Crippen LogP contribution in [0.2, 0.25) is 0 Å². The van der Waals surface area contributed by atoms with Crippen molar-refractivity contribution in [3.05, 3.63) is 35.9 Å². The number of alkyl carbamates (subject to hydrolysis) is 1. The molecule has 41 heavy (non-hydrogen) atoms. The maximum Gasteiger partial charge on any atom is 0.407 e. The van der Waals surface area contributed by atoms with Crippen LogP contribution >= 0.6 is 0 Å². The standard InChI is InChI=1S/C28H47NO12/c1-32-27(30)7-9-33-11-13-35-15-17-37-19-21-39-23-24-40-22-20-38-18-16-36-14-12-34-10-8-29-28(31)41-25-26-5-3-2-4-6-26/h2-6H,7-25H2,1H3,(H,29,31). The summed E-state index contributed by atoms with van der Waals surface area (Å²) >= 11 is 0. The lowest BCUT2D eigenvalue weighted by Crippen LogP contribution is -2.28. The van der Waals surface area contributed by atoms with E-state index in [1.807, 2.05) is 30.3 Å². The predicted molar refractivity (Wildman–Crippen MR) is 148 cm³/mol. The molecule has 0 fully saturated rings. The van der Waals surface area contributed by atoms with Crippen LogP contribution in [0.25, 0.3) is 0 Å². The lowest BCUT2D eigenvalue weighted by Gasteiger charge is -2.09. The number of methoxy groups -OCH3 is 1. The van der Waals surface area contributed by atoms with Crippen molar-refractivity contribution in [1.29, 1.82) is 0 Å². The van der Waals surface area contributed by atoms with E-state index in [-0.39, 0.29) is 19.0 Å². The van der Waals surface area contributed by atoms with E-state index in [0.717, 1.165) is 5.56 Å². The summed E-state index contributed by atoms with van der Waals surface area (Å²) in [6.07, 6.45) is -0.230. The summed E-state index contributed by atoms with van der Waals surface area (Å²) in [7, 11) is 1.35. The Kier molecular flexibility index (Phi) is 26.1. The number of ether oxygens (including phenoxy) is 10. The molecule has 0 spiro atoms. The van der Waals surface area contributed by atoms with Crippen molar-refractivity contribution >= 4 is 12.1 Å². The van der Waals surface area contributed by atoms with Gasteiger partial charge < -0.3 is 52.7 Å². The molecule has 0 aliphatic carbocycles. The van der Waals surface area contributed by atoms with Gasteiger partial charge in [-0.25, -0.2) is 4.79 Å². The molecule has 1 aromatic carbocycles. The van der Waals surface area contributed by atoms with Gasteiger partial charge in [0.25, 0.3) is 0 Å². The highest BCUT2D eigenvalue weighted by molar-refractivity contribution is 5.69. The number of esters is 1. The van der Waals surface area contributed by atoms with E-state index in [2.05, 4.69) is 10.1 Å². The minimum absolute atomic E-state index is 0.236. The summed E-state index contributed by atoms with van der Waals surface area (Å²) in [4.78, 5) is 22.5. The SMILES string of the molecule is COC(=O)CCOCCOCCOCCOCCOCCOCCOCCOCCNC(=O)OCc1ccccc1. The van der Waals surface area contributed by atoms with Crippen LogP contribution in [0.3, 0.4) is 0 Å². The normalized spacial score (nSPS) is 11.0. The molecule has 13 nitrogen and oxygen atoms in total. The van der Waals surface area contributed by atoms with Crippen LogP contribution in [-0.4, -0.2) is 131 Å². The topological polar surface area (TPSA) is 138 Å². The molecule has 1 rings (SSSR count). The minimum Gasteiger partial charge on any atom is -0.469 e. The Labute approximate surface area is 242 Å². The highest BCUT2D eigenvalue weighted by Crippen LogP contribution is 2.00. The fourth-order valence-corrected chi connectivity index (χ4v) is 2.90. The molecule has 1 amide bonds. The van der Waals surface area contributed by atoms with E-state index in [0.29, 0.717) is 112 Å². The van der Waals surface area contributed by atoms with Crippen LogP contribution in [-0.2, 0) is 58.8 Å². The zero-order valence-electron chi connectivity index (χ0n) is 24.2. The van der Waals surface area contributed by atoms with Crippen molar-refractivity contribution < 1.29 is 57.0 Å². The average Bonchev–Trinajstić information content (AvgIpc) is 3.00. The third-order valence-corrected chi connectivity index (χ3v) is 5.01. The van der Waals surface area contributed by atoms with Crippen LogP contribution in [0.1, 0.15) is 12.0 Å². The average molecular weight is 590 g/mol. The Bertz CT molecular complexity index is 725. The molecule has 0 unspecified atom stereocenters. The fraction of sp³-hybridized carbons (Fsp3) is 0.714. The molecule has 1 aromatic rings. The van der Waals surface area contributed by atoms with Gasteiger partial charge >= 0.3 is 12.1 Å². The van der Waals surface area contributed by atoms with Crippen molar-refractivity contribution in [2.75, 3.05) is 119 Å². The molecular formula is C28H47NO12. The minimum atomic E-state index is -0.472. The number of carbonyl (C=O) groups is 2. The Morgan fingerprint density at radius 3 is 1.37 bits per heavy atom. The third-order valence-electron chi connectivity index (χ3n) is 5.01. The molecule has 0 aromatic heterocycles. The fourth-order valence-electron chi connectivity index (χ4n) is 2.90. The van der Waals surface area contributed by atoms with E-state index < -0.39 is 6.09 Å². The van der Waals surface area contributed by atoms with Crippen molar-refractivity contribution in [1.82, 2.24) is 5.32 Å². The summed E-state index contributed by atoms with van der Waals surface area (Å²) in [5.41, 5.74) is 0.935. The molecule has 0 bridgehead atoms. The highest BCUT2D eigenvalue weighted by Gasteiger charge is 2.02. The number of hydrogen-bond donors (Lipinski definition) is 1. The molecule has 0 saturated heterocycles. The van der Waals surface area contributed by atoms with Gasteiger partial charge in [0.1, 0.15) is 6.61 Å². The number of rotatable bonds is 29. The predicted octanol–water partition coefficient (Wildman–Crippen LogP) is 1.61. The summed E-state index contributed by atoms with van der Waals surface area (Å²) in [5, 5.41) is 2.63. The van der Waals surface area contributed by atoms with Crippen LogP contribution in [0.4, 0.5) is 4.79 Å². The lowest BCUT2D eigenvalue weighted by molar-refractivity contribution is -0.141. The van der Waals surface area contributed by atoms with Crippen molar-refractivity contribution in [3.63, 3.8) is 0 Å². The van der Waals surface area contributed by atoms with E-state index >= 15 is 0 Å². The van der Waals surface area contributed by atoms with Crippen molar-refractivity contribution in [2.45, 2.75) is 13.0 Å². The molecule has 1 N–H and O–H groups in total. The summed E-state index contributed by atoms with van der Waals surface area (Å²) in [6, 6.07) is 9.49.